The Morgan fingerprint density at radius 3 is 2.53 bits per heavy atom. The van der Waals surface area contributed by atoms with Gasteiger partial charge in [0.1, 0.15) is 11.5 Å². The number of nitrogens with zero attached hydrogens (tertiary/aromatic N) is 3. The van der Waals surface area contributed by atoms with E-state index in [1.165, 1.54) is 6.20 Å². The molecule has 1 atom stereocenters. The molecule has 1 aromatic heterocycles. The van der Waals surface area contributed by atoms with Crippen molar-refractivity contribution in [2.24, 2.45) is 0 Å². The van der Waals surface area contributed by atoms with Gasteiger partial charge in [0.15, 0.2) is 0 Å². The Kier molecular flexibility index (Phi) is 4.87. The van der Waals surface area contributed by atoms with Gasteiger partial charge in [0, 0.05) is 19.6 Å². The summed E-state index contributed by atoms with van der Waals surface area (Å²) in [6.45, 7) is 6.76. The van der Waals surface area contributed by atoms with Crippen LogP contribution in [0.25, 0.3) is 0 Å². The zero-order chi connectivity index (χ0) is 12.8. The number of carbonyl (C=O) groups is 1. The van der Waals surface area contributed by atoms with Crippen LogP contribution < -0.4 is 5.32 Å². The summed E-state index contributed by atoms with van der Waals surface area (Å²) < 4.78 is 0. The van der Waals surface area contributed by atoms with Crippen LogP contribution in [0.3, 0.4) is 0 Å². The van der Waals surface area contributed by atoms with Crippen LogP contribution in [0.4, 0.5) is 5.82 Å². The molecule has 0 aliphatic heterocycles. The highest BCUT2D eigenvalue weighted by atomic mass is 16.2. The first-order chi connectivity index (χ1) is 8.13. The van der Waals surface area contributed by atoms with Crippen LogP contribution in [-0.4, -0.2) is 40.4 Å². The summed E-state index contributed by atoms with van der Waals surface area (Å²) in [6.07, 6.45) is 4.01. The molecule has 5 nitrogen and oxygen atoms in total. The maximum absolute atomic E-state index is 12.2. The van der Waals surface area contributed by atoms with Gasteiger partial charge in [-0.25, -0.2) is 9.97 Å². The van der Waals surface area contributed by atoms with Crippen molar-refractivity contribution in [2.45, 2.75) is 33.2 Å². The maximum Gasteiger partial charge on any atom is 0.274 e. The lowest BCUT2D eigenvalue weighted by Gasteiger charge is -2.26. The van der Waals surface area contributed by atoms with Crippen molar-refractivity contribution in [2.75, 3.05) is 18.9 Å². The third kappa shape index (κ3) is 3.15. The molecule has 0 radical (unpaired) electrons. The van der Waals surface area contributed by atoms with Crippen molar-refractivity contribution in [3.63, 3.8) is 0 Å². The largest absolute Gasteiger partial charge is 0.372 e. The third-order valence-electron chi connectivity index (χ3n) is 2.85. The highest BCUT2D eigenvalue weighted by Gasteiger charge is 2.19. The smallest absolute Gasteiger partial charge is 0.274 e. The van der Waals surface area contributed by atoms with Gasteiger partial charge < -0.3 is 10.2 Å². The van der Waals surface area contributed by atoms with E-state index in [-0.39, 0.29) is 11.9 Å². The minimum atomic E-state index is -0.0583. The Hall–Kier alpha value is -1.65. The monoisotopic (exact) mass is 236 g/mol. The quantitative estimate of drug-likeness (QED) is 0.846. The molecule has 0 bridgehead atoms. The van der Waals surface area contributed by atoms with Gasteiger partial charge in [-0.1, -0.05) is 6.92 Å². The van der Waals surface area contributed by atoms with Gasteiger partial charge in [0.2, 0.25) is 0 Å². The molecule has 0 fully saturated rings. The van der Waals surface area contributed by atoms with Crippen LogP contribution in [0, 0.1) is 0 Å². The van der Waals surface area contributed by atoms with E-state index < -0.39 is 0 Å². The number of rotatable bonds is 5. The average Bonchev–Trinajstić information content (AvgIpc) is 2.39. The van der Waals surface area contributed by atoms with Crippen molar-refractivity contribution in [1.29, 1.82) is 0 Å². The summed E-state index contributed by atoms with van der Waals surface area (Å²) in [6, 6.07) is 0.221. The van der Waals surface area contributed by atoms with Crippen LogP contribution in [0.5, 0.6) is 0 Å². The van der Waals surface area contributed by atoms with Crippen molar-refractivity contribution >= 4 is 11.7 Å². The molecule has 0 aliphatic rings. The Labute approximate surface area is 102 Å². The van der Waals surface area contributed by atoms with Crippen molar-refractivity contribution < 1.29 is 4.79 Å². The summed E-state index contributed by atoms with van der Waals surface area (Å²) in [5.41, 5.74) is 0.395. The molecule has 1 rings (SSSR count). The number of anilines is 1. The second-order valence-electron chi connectivity index (χ2n) is 3.89. The molecule has 94 valence electrons. The highest BCUT2D eigenvalue weighted by Crippen LogP contribution is 2.09. The summed E-state index contributed by atoms with van der Waals surface area (Å²) in [5, 5.41) is 2.87. The molecule has 0 saturated heterocycles. The average molecular weight is 236 g/mol. The van der Waals surface area contributed by atoms with E-state index >= 15 is 0 Å². The number of hydrogen-bond acceptors (Lipinski definition) is 4. The summed E-state index contributed by atoms with van der Waals surface area (Å²) in [4.78, 5) is 22.2. The summed E-state index contributed by atoms with van der Waals surface area (Å²) in [7, 11) is 1.77. The van der Waals surface area contributed by atoms with Crippen LogP contribution in [0.1, 0.15) is 37.7 Å². The van der Waals surface area contributed by atoms with E-state index in [0.29, 0.717) is 18.1 Å². The molecule has 17 heavy (non-hydrogen) atoms. The predicted molar refractivity (Wildman–Crippen MR) is 68.0 cm³/mol. The van der Waals surface area contributed by atoms with E-state index in [2.05, 4.69) is 22.2 Å². The molecule has 0 aliphatic carbocycles. The van der Waals surface area contributed by atoms with Crippen LogP contribution >= 0.6 is 0 Å². The molecule has 1 N–H and O–H groups in total. The molecular formula is C12H20N4O. The minimum absolute atomic E-state index is 0.0583. The first kappa shape index (κ1) is 13.4. The standard InChI is InChI=1S/C12H20N4O/c1-5-9(3)16(6-2)12(17)10-7-15-11(13-4)8-14-10/h7-9H,5-6H2,1-4H3,(H,13,15). The van der Waals surface area contributed by atoms with E-state index in [1.807, 2.05) is 18.7 Å². The van der Waals surface area contributed by atoms with Crippen LogP contribution in [0.15, 0.2) is 12.4 Å². The fourth-order valence-corrected chi connectivity index (χ4v) is 1.59. The molecule has 0 aromatic carbocycles. The van der Waals surface area contributed by atoms with Crippen molar-refractivity contribution in [3.8, 4) is 0 Å². The first-order valence-electron chi connectivity index (χ1n) is 5.94. The van der Waals surface area contributed by atoms with Crippen LogP contribution in [0.2, 0.25) is 0 Å². The normalized spacial score (nSPS) is 12.0. The van der Waals surface area contributed by atoms with E-state index in [1.54, 1.807) is 13.2 Å². The predicted octanol–water partition coefficient (Wildman–Crippen LogP) is 1.78. The van der Waals surface area contributed by atoms with Crippen LogP contribution in [-0.2, 0) is 0 Å². The number of carbonyl (C=O) groups excluding carboxylic acids is 1. The third-order valence-corrected chi connectivity index (χ3v) is 2.85. The van der Waals surface area contributed by atoms with Gasteiger partial charge in [-0.15, -0.1) is 0 Å². The second kappa shape index (κ2) is 6.18. The Morgan fingerprint density at radius 1 is 1.41 bits per heavy atom. The number of hydrogen-bond donors (Lipinski definition) is 1. The molecule has 0 spiro atoms. The lowest BCUT2D eigenvalue weighted by Crippen LogP contribution is -2.38. The zero-order valence-electron chi connectivity index (χ0n) is 10.9. The molecule has 1 heterocycles. The Balaban J connectivity index is 2.86. The molecule has 1 aromatic rings. The van der Waals surface area contributed by atoms with Crippen molar-refractivity contribution in [1.82, 2.24) is 14.9 Å². The minimum Gasteiger partial charge on any atom is -0.372 e. The highest BCUT2D eigenvalue weighted by molar-refractivity contribution is 5.92. The van der Waals surface area contributed by atoms with E-state index in [9.17, 15) is 4.79 Å². The molecule has 1 amide bonds. The van der Waals surface area contributed by atoms with E-state index in [4.69, 9.17) is 0 Å². The lowest BCUT2D eigenvalue weighted by molar-refractivity contribution is 0.0693. The fourth-order valence-electron chi connectivity index (χ4n) is 1.59. The Bertz CT molecular complexity index is 363. The zero-order valence-corrected chi connectivity index (χ0v) is 10.9. The summed E-state index contributed by atoms with van der Waals surface area (Å²) >= 11 is 0. The molecular weight excluding hydrogens is 216 g/mol. The number of aromatic nitrogens is 2. The number of amides is 1. The second-order valence-corrected chi connectivity index (χ2v) is 3.89. The van der Waals surface area contributed by atoms with Gasteiger partial charge in [0.25, 0.3) is 5.91 Å². The van der Waals surface area contributed by atoms with Crippen molar-refractivity contribution in [3.05, 3.63) is 18.1 Å². The molecule has 5 heteroatoms. The Morgan fingerprint density at radius 2 is 2.12 bits per heavy atom. The SMILES string of the molecule is CCC(C)N(CC)C(=O)c1cnc(NC)cn1. The maximum atomic E-state index is 12.2. The fraction of sp³-hybridized carbons (Fsp3) is 0.583. The van der Waals surface area contributed by atoms with Gasteiger partial charge >= 0.3 is 0 Å². The molecule has 0 saturated carbocycles. The van der Waals surface area contributed by atoms with Gasteiger partial charge in [0.05, 0.1) is 12.4 Å². The van der Waals surface area contributed by atoms with Gasteiger partial charge in [-0.3, -0.25) is 4.79 Å². The number of nitrogens with one attached hydrogen (secondary N) is 1. The van der Waals surface area contributed by atoms with Gasteiger partial charge in [-0.2, -0.15) is 0 Å². The topological polar surface area (TPSA) is 58.1 Å². The van der Waals surface area contributed by atoms with E-state index in [0.717, 1.165) is 6.42 Å². The summed E-state index contributed by atoms with van der Waals surface area (Å²) in [5.74, 6) is 0.602. The first-order valence-corrected chi connectivity index (χ1v) is 5.94. The molecule has 1 unspecified atom stereocenters. The van der Waals surface area contributed by atoms with Gasteiger partial charge in [-0.05, 0) is 20.3 Å². The lowest BCUT2D eigenvalue weighted by atomic mass is 10.2.